The van der Waals surface area contributed by atoms with Crippen LogP contribution in [-0.2, 0) is 4.79 Å². The van der Waals surface area contributed by atoms with E-state index in [-0.39, 0.29) is 11.1 Å². The van der Waals surface area contributed by atoms with Gasteiger partial charge in [0.25, 0.3) is 5.91 Å². The van der Waals surface area contributed by atoms with Gasteiger partial charge in [-0.15, -0.1) is 0 Å². The Labute approximate surface area is 122 Å². The summed E-state index contributed by atoms with van der Waals surface area (Å²) in [6.45, 7) is 1.67. The van der Waals surface area contributed by atoms with Crippen molar-refractivity contribution in [1.82, 2.24) is 5.32 Å². The number of carbonyl (C=O) groups excluding carboxylic acids is 2. The molecule has 21 heavy (non-hydrogen) atoms. The Balaban J connectivity index is 3.27. The van der Waals surface area contributed by atoms with Gasteiger partial charge in [0.2, 0.25) is 0 Å². The van der Waals surface area contributed by atoms with Crippen LogP contribution in [0.3, 0.4) is 0 Å². The lowest BCUT2D eigenvalue weighted by Gasteiger charge is -2.03. The molecule has 0 radical (unpaired) electrons. The molecule has 0 bridgehead atoms. The molecule has 1 rings (SSSR count). The Kier molecular flexibility index (Phi) is 6.02. The van der Waals surface area contributed by atoms with Crippen LogP contribution in [0.25, 0.3) is 0 Å². The summed E-state index contributed by atoms with van der Waals surface area (Å²) in [4.78, 5) is 26.4. The van der Waals surface area contributed by atoms with Gasteiger partial charge >= 0.3 is 0 Å². The van der Waals surface area contributed by atoms with Crippen LogP contribution in [0.1, 0.15) is 22.8 Å². The number of aldehydes is 1. The molecule has 0 aliphatic rings. The van der Waals surface area contributed by atoms with E-state index >= 15 is 0 Å². The molecule has 0 aromatic heterocycles. The number of rotatable bonds is 3. The quantitative estimate of drug-likeness (QED) is 0.398. The van der Waals surface area contributed by atoms with Crippen LogP contribution >= 0.6 is 0 Å². The number of amides is 1. The second-order valence-electron chi connectivity index (χ2n) is 4.04. The molecule has 1 amide bonds. The van der Waals surface area contributed by atoms with E-state index in [1.54, 1.807) is 14.0 Å². The molecule has 0 fully saturated rings. The Morgan fingerprint density at radius 1 is 1.43 bits per heavy atom. The second-order valence-corrected chi connectivity index (χ2v) is 4.04. The standard InChI is InChI=1S/C16H15FN2O2/c1-11(18-2)12(10-20)6-4-7-13-14(16(21)19-3)8-5-9-15(13)17/h5-6,8-10H,1-3H3,(H,19,21)/b12-6-,18-11?. The molecule has 0 spiro atoms. The number of hydrogen-bond acceptors (Lipinski definition) is 3. The molecule has 0 unspecified atom stereocenters. The number of allylic oxidation sites excluding steroid dienone is 2. The first-order valence-corrected chi connectivity index (χ1v) is 6.16. The van der Waals surface area contributed by atoms with Crippen molar-refractivity contribution in [2.45, 2.75) is 6.92 Å². The fourth-order valence-corrected chi connectivity index (χ4v) is 1.51. The van der Waals surface area contributed by atoms with E-state index in [1.165, 1.54) is 31.3 Å². The molecule has 0 saturated heterocycles. The molecule has 108 valence electrons. The highest BCUT2D eigenvalue weighted by atomic mass is 19.1. The van der Waals surface area contributed by atoms with Gasteiger partial charge < -0.3 is 5.32 Å². The molecule has 5 heteroatoms. The molecule has 1 N–H and O–H groups in total. The minimum atomic E-state index is -0.592. The van der Waals surface area contributed by atoms with Crippen molar-refractivity contribution in [2.75, 3.05) is 14.1 Å². The fraction of sp³-hybridized carbons (Fsp3) is 0.188. The third-order valence-corrected chi connectivity index (χ3v) is 2.79. The second kappa shape index (κ2) is 7.75. The van der Waals surface area contributed by atoms with Gasteiger partial charge in [0.05, 0.1) is 11.1 Å². The van der Waals surface area contributed by atoms with E-state index < -0.39 is 11.7 Å². The molecule has 0 aliphatic carbocycles. The fourth-order valence-electron chi connectivity index (χ4n) is 1.51. The van der Waals surface area contributed by atoms with E-state index in [0.717, 1.165) is 0 Å². The largest absolute Gasteiger partial charge is 0.355 e. The average Bonchev–Trinajstić information content (AvgIpc) is 2.51. The number of halogens is 1. The van der Waals surface area contributed by atoms with E-state index in [1.807, 2.05) is 0 Å². The maximum Gasteiger partial charge on any atom is 0.252 e. The van der Waals surface area contributed by atoms with Gasteiger partial charge in [-0.05, 0) is 19.1 Å². The van der Waals surface area contributed by atoms with E-state index in [9.17, 15) is 14.0 Å². The molecule has 0 saturated carbocycles. The lowest BCUT2D eigenvalue weighted by atomic mass is 10.1. The zero-order valence-electron chi connectivity index (χ0n) is 12.0. The minimum Gasteiger partial charge on any atom is -0.355 e. The number of hydrogen-bond donors (Lipinski definition) is 1. The zero-order chi connectivity index (χ0) is 15.8. The van der Waals surface area contributed by atoms with Gasteiger partial charge in [-0.3, -0.25) is 14.6 Å². The summed E-state index contributed by atoms with van der Waals surface area (Å²) in [6.07, 6.45) is 1.97. The van der Waals surface area contributed by atoms with E-state index in [0.29, 0.717) is 17.6 Å². The Bertz CT molecular complexity index is 679. The van der Waals surface area contributed by atoms with Gasteiger partial charge in [0, 0.05) is 31.5 Å². The first-order chi connectivity index (χ1) is 10.0. The Morgan fingerprint density at radius 2 is 2.14 bits per heavy atom. The van der Waals surface area contributed by atoms with Crippen molar-refractivity contribution in [1.29, 1.82) is 0 Å². The first-order valence-electron chi connectivity index (χ1n) is 6.16. The predicted molar refractivity (Wildman–Crippen MR) is 79.8 cm³/mol. The summed E-state index contributed by atoms with van der Waals surface area (Å²) in [5.41, 5.74) is 0.971. The van der Waals surface area contributed by atoms with Crippen LogP contribution in [-0.4, -0.2) is 32.0 Å². The van der Waals surface area contributed by atoms with Gasteiger partial charge in [0.1, 0.15) is 5.82 Å². The Hall–Kier alpha value is -2.74. The van der Waals surface area contributed by atoms with Gasteiger partial charge in [-0.25, -0.2) is 4.39 Å². The van der Waals surface area contributed by atoms with Crippen LogP contribution in [0.4, 0.5) is 4.39 Å². The minimum absolute atomic E-state index is 0.00978. The predicted octanol–water partition coefficient (Wildman–Crippen LogP) is 1.75. The summed E-state index contributed by atoms with van der Waals surface area (Å²) < 4.78 is 13.8. The Morgan fingerprint density at radius 3 is 2.71 bits per heavy atom. The molecular formula is C16H15FN2O2. The normalized spacial score (nSPS) is 11.4. The third kappa shape index (κ3) is 4.11. The average molecular weight is 286 g/mol. The van der Waals surface area contributed by atoms with Crippen LogP contribution in [0, 0.1) is 17.7 Å². The maximum absolute atomic E-state index is 13.8. The van der Waals surface area contributed by atoms with Crippen molar-refractivity contribution in [3.05, 3.63) is 46.8 Å². The number of benzene rings is 1. The molecule has 1 aromatic carbocycles. The highest BCUT2D eigenvalue weighted by Gasteiger charge is 2.11. The van der Waals surface area contributed by atoms with Crippen LogP contribution in [0.5, 0.6) is 0 Å². The molecule has 1 aromatic rings. The molecule has 0 atom stereocenters. The summed E-state index contributed by atoms with van der Waals surface area (Å²) in [5.74, 6) is 4.13. The SMILES string of the molecule is CN=C(C)/C(C=O)=C\C#Cc1c(F)cccc1C(=O)NC. The maximum atomic E-state index is 13.8. The van der Waals surface area contributed by atoms with Crippen molar-refractivity contribution in [2.24, 2.45) is 4.99 Å². The number of aliphatic imine (C=N–C) groups is 1. The van der Waals surface area contributed by atoms with Crippen molar-refractivity contribution in [3.8, 4) is 11.8 Å². The zero-order valence-corrected chi connectivity index (χ0v) is 12.0. The molecule has 0 aliphatic heterocycles. The van der Waals surface area contributed by atoms with E-state index in [4.69, 9.17) is 0 Å². The van der Waals surface area contributed by atoms with Gasteiger partial charge in [-0.2, -0.15) is 0 Å². The lowest BCUT2D eigenvalue weighted by Crippen LogP contribution is -2.19. The molecule has 0 heterocycles. The highest BCUT2D eigenvalue weighted by molar-refractivity contribution is 6.13. The van der Waals surface area contributed by atoms with Crippen LogP contribution in [0.2, 0.25) is 0 Å². The number of nitrogens with one attached hydrogen (secondary N) is 1. The van der Waals surface area contributed by atoms with Crippen LogP contribution < -0.4 is 5.32 Å². The third-order valence-electron chi connectivity index (χ3n) is 2.79. The highest BCUT2D eigenvalue weighted by Crippen LogP contribution is 2.12. The van der Waals surface area contributed by atoms with Crippen molar-refractivity contribution >= 4 is 17.9 Å². The first kappa shape index (κ1) is 16.3. The summed E-state index contributed by atoms with van der Waals surface area (Å²) in [5, 5.41) is 2.42. The monoisotopic (exact) mass is 286 g/mol. The smallest absolute Gasteiger partial charge is 0.252 e. The summed E-state index contributed by atoms with van der Waals surface area (Å²) >= 11 is 0. The van der Waals surface area contributed by atoms with Crippen molar-refractivity contribution < 1.29 is 14.0 Å². The van der Waals surface area contributed by atoms with Crippen LogP contribution in [0.15, 0.2) is 34.8 Å². The van der Waals surface area contributed by atoms with Gasteiger partial charge in [0.15, 0.2) is 6.29 Å². The number of nitrogens with zero attached hydrogens (tertiary/aromatic N) is 1. The van der Waals surface area contributed by atoms with E-state index in [2.05, 4.69) is 22.2 Å². The molecular weight excluding hydrogens is 271 g/mol. The summed E-state index contributed by atoms with van der Waals surface area (Å²) in [7, 11) is 3.01. The topological polar surface area (TPSA) is 58.5 Å². The molecule has 4 nitrogen and oxygen atoms in total. The lowest BCUT2D eigenvalue weighted by molar-refractivity contribution is -0.104. The number of carbonyl (C=O) groups is 2. The van der Waals surface area contributed by atoms with Gasteiger partial charge in [-0.1, -0.05) is 17.9 Å². The summed E-state index contributed by atoms with van der Waals surface area (Å²) in [6, 6.07) is 4.14. The van der Waals surface area contributed by atoms with Crippen molar-refractivity contribution in [3.63, 3.8) is 0 Å².